The molecule has 0 aliphatic rings. The average Bonchev–Trinajstić information content (AvgIpc) is 2.23. The van der Waals surface area contributed by atoms with Crippen molar-refractivity contribution in [3.05, 3.63) is 29.6 Å². The Hall–Kier alpha value is -1.58. The Bertz CT molecular complexity index is 393. The highest BCUT2D eigenvalue weighted by atomic mass is 19.1. The van der Waals surface area contributed by atoms with Gasteiger partial charge in [-0.2, -0.15) is 0 Å². The fourth-order valence-electron chi connectivity index (χ4n) is 1.62. The normalized spacial score (nSPS) is 12.0. The fraction of sp³-hybridized carbons (Fsp3) is 0.462. The quantitative estimate of drug-likeness (QED) is 0.828. The van der Waals surface area contributed by atoms with E-state index in [0.717, 1.165) is 18.4 Å². The van der Waals surface area contributed by atoms with Crippen LogP contribution in [0.4, 0.5) is 14.9 Å². The van der Waals surface area contributed by atoms with Crippen molar-refractivity contribution in [3.8, 4) is 0 Å². The highest BCUT2D eigenvalue weighted by molar-refractivity contribution is 5.89. The van der Waals surface area contributed by atoms with E-state index >= 15 is 0 Å². The van der Waals surface area contributed by atoms with Gasteiger partial charge in [-0.3, -0.25) is 0 Å². The van der Waals surface area contributed by atoms with Crippen molar-refractivity contribution in [2.75, 3.05) is 5.32 Å². The summed E-state index contributed by atoms with van der Waals surface area (Å²) in [5.74, 6) is -0.422. The standard InChI is InChI=1S/C13H19FN2O/c1-4-5-10(3)15-13(17)16-12-8-9(2)6-7-11(12)14/h6-8,10H,4-5H2,1-3H3,(H2,15,16,17). The first kappa shape index (κ1) is 13.5. The third-order valence-corrected chi connectivity index (χ3v) is 2.47. The third-order valence-electron chi connectivity index (χ3n) is 2.47. The minimum atomic E-state index is -0.422. The number of carbonyl (C=O) groups excluding carboxylic acids is 1. The number of aryl methyl sites for hydroxylation is 1. The molecule has 1 aromatic rings. The van der Waals surface area contributed by atoms with Crippen molar-refractivity contribution < 1.29 is 9.18 Å². The number of urea groups is 1. The number of anilines is 1. The maximum atomic E-state index is 13.4. The van der Waals surface area contributed by atoms with Crippen LogP contribution in [0.1, 0.15) is 32.3 Å². The second-order valence-corrected chi connectivity index (χ2v) is 4.27. The topological polar surface area (TPSA) is 41.1 Å². The largest absolute Gasteiger partial charge is 0.335 e. The zero-order chi connectivity index (χ0) is 12.8. The lowest BCUT2D eigenvalue weighted by atomic mass is 10.2. The first-order valence-corrected chi connectivity index (χ1v) is 5.86. The zero-order valence-corrected chi connectivity index (χ0v) is 10.5. The van der Waals surface area contributed by atoms with Crippen LogP contribution in [0, 0.1) is 12.7 Å². The van der Waals surface area contributed by atoms with E-state index in [1.54, 1.807) is 12.1 Å². The number of nitrogens with one attached hydrogen (secondary N) is 2. The van der Waals surface area contributed by atoms with Gasteiger partial charge in [0.2, 0.25) is 0 Å². The first-order valence-electron chi connectivity index (χ1n) is 5.86. The molecule has 1 aromatic carbocycles. The van der Waals surface area contributed by atoms with E-state index in [-0.39, 0.29) is 17.8 Å². The summed E-state index contributed by atoms with van der Waals surface area (Å²) >= 11 is 0. The second-order valence-electron chi connectivity index (χ2n) is 4.27. The summed E-state index contributed by atoms with van der Waals surface area (Å²) in [5, 5.41) is 5.27. The summed E-state index contributed by atoms with van der Waals surface area (Å²) in [6.07, 6.45) is 1.91. The molecule has 0 saturated heterocycles. The fourth-order valence-corrected chi connectivity index (χ4v) is 1.62. The van der Waals surface area contributed by atoms with E-state index in [0.29, 0.717) is 0 Å². The van der Waals surface area contributed by atoms with Crippen LogP contribution in [0.2, 0.25) is 0 Å². The van der Waals surface area contributed by atoms with Gasteiger partial charge in [-0.25, -0.2) is 9.18 Å². The molecule has 17 heavy (non-hydrogen) atoms. The summed E-state index contributed by atoms with van der Waals surface area (Å²) < 4.78 is 13.4. The van der Waals surface area contributed by atoms with Crippen molar-refractivity contribution in [2.24, 2.45) is 0 Å². The Kier molecular flexibility index (Phi) is 4.94. The molecule has 1 rings (SSSR count). The van der Waals surface area contributed by atoms with Crippen LogP contribution in [0.5, 0.6) is 0 Å². The molecule has 3 nitrogen and oxygen atoms in total. The van der Waals surface area contributed by atoms with E-state index in [1.807, 2.05) is 13.8 Å². The van der Waals surface area contributed by atoms with Crippen molar-refractivity contribution in [1.82, 2.24) is 5.32 Å². The number of benzene rings is 1. The molecule has 0 aliphatic carbocycles. The number of hydrogen-bond acceptors (Lipinski definition) is 1. The van der Waals surface area contributed by atoms with Crippen LogP contribution in [-0.2, 0) is 0 Å². The van der Waals surface area contributed by atoms with Crippen LogP contribution in [0.3, 0.4) is 0 Å². The van der Waals surface area contributed by atoms with Gasteiger partial charge in [0.1, 0.15) is 5.82 Å². The molecule has 0 saturated carbocycles. The molecule has 0 aromatic heterocycles. The smallest absolute Gasteiger partial charge is 0.319 e. The van der Waals surface area contributed by atoms with Crippen LogP contribution in [-0.4, -0.2) is 12.1 Å². The van der Waals surface area contributed by atoms with Gasteiger partial charge in [0.05, 0.1) is 5.69 Å². The minimum Gasteiger partial charge on any atom is -0.335 e. The molecular weight excluding hydrogens is 219 g/mol. The molecule has 1 unspecified atom stereocenters. The van der Waals surface area contributed by atoms with Crippen molar-refractivity contribution in [1.29, 1.82) is 0 Å². The SMILES string of the molecule is CCCC(C)NC(=O)Nc1cc(C)ccc1F. The number of rotatable bonds is 4. The maximum Gasteiger partial charge on any atom is 0.319 e. The summed E-state index contributed by atoms with van der Waals surface area (Å²) in [6.45, 7) is 5.83. The molecule has 2 N–H and O–H groups in total. The average molecular weight is 238 g/mol. The number of carbonyl (C=O) groups is 1. The van der Waals surface area contributed by atoms with Crippen LogP contribution in [0.25, 0.3) is 0 Å². The molecule has 4 heteroatoms. The van der Waals surface area contributed by atoms with Crippen LogP contribution < -0.4 is 10.6 Å². The van der Waals surface area contributed by atoms with Gasteiger partial charge in [0.15, 0.2) is 0 Å². The number of amides is 2. The van der Waals surface area contributed by atoms with Crippen molar-refractivity contribution in [2.45, 2.75) is 39.7 Å². The molecule has 0 heterocycles. The Morgan fingerprint density at radius 3 is 2.82 bits per heavy atom. The van der Waals surface area contributed by atoms with Gasteiger partial charge in [0.25, 0.3) is 0 Å². The maximum absolute atomic E-state index is 13.4. The molecule has 0 aliphatic heterocycles. The van der Waals surface area contributed by atoms with Crippen LogP contribution in [0.15, 0.2) is 18.2 Å². The van der Waals surface area contributed by atoms with E-state index < -0.39 is 5.82 Å². The van der Waals surface area contributed by atoms with E-state index in [2.05, 4.69) is 17.6 Å². The molecular formula is C13H19FN2O. The van der Waals surface area contributed by atoms with E-state index in [1.165, 1.54) is 6.07 Å². The Labute approximate surface area is 101 Å². The highest BCUT2D eigenvalue weighted by Gasteiger charge is 2.09. The molecule has 2 amide bonds. The van der Waals surface area contributed by atoms with Gasteiger partial charge >= 0.3 is 6.03 Å². The Morgan fingerprint density at radius 1 is 1.47 bits per heavy atom. The number of hydrogen-bond donors (Lipinski definition) is 2. The van der Waals surface area contributed by atoms with Crippen molar-refractivity contribution >= 4 is 11.7 Å². The number of halogens is 1. The molecule has 94 valence electrons. The van der Waals surface area contributed by atoms with Gasteiger partial charge < -0.3 is 10.6 Å². The summed E-state index contributed by atoms with van der Waals surface area (Å²) in [5.41, 5.74) is 1.12. The molecule has 0 spiro atoms. The predicted octanol–water partition coefficient (Wildman–Crippen LogP) is 3.44. The molecule has 0 fully saturated rings. The molecule has 0 bridgehead atoms. The third kappa shape index (κ3) is 4.43. The van der Waals surface area contributed by atoms with Gasteiger partial charge in [-0.1, -0.05) is 19.4 Å². The Balaban J connectivity index is 2.58. The lowest BCUT2D eigenvalue weighted by molar-refractivity contribution is 0.248. The molecule has 1 atom stereocenters. The first-order chi connectivity index (χ1) is 8.02. The van der Waals surface area contributed by atoms with E-state index in [4.69, 9.17) is 0 Å². The second kappa shape index (κ2) is 6.23. The van der Waals surface area contributed by atoms with Gasteiger partial charge in [-0.05, 0) is 38.0 Å². The zero-order valence-electron chi connectivity index (χ0n) is 10.5. The summed E-state index contributed by atoms with van der Waals surface area (Å²) in [6, 6.07) is 4.35. The Morgan fingerprint density at radius 2 is 2.18 bits per heavy atom. The lowest BCUT2D eigenvalue weighted by Gasteiger charge is -2.14. The minimum absolute atomic E-state index is 0.0906. The molecule has 0 radical (unpaired) electrons. The summed E-state index contributed by atoms with van der Waals surface area (Å²) in [4.78, 5) is 11.6. The van der Waals surface area contributed by atoms with Crippen molar-refractivity contribution in [3.63, 3.8) is 0 Å². The lowest BCUT2D eigenvalue weighted by Crippen LogP contribution is -2.36. The predicted molar refractivity (Wildman–Crippen MR) is 67.7 cm³/mol. The van der Waals surface area contributed by atoms with E-state index in [9.17, 15) is 9.18 Å². The summed E-state index contributed by atoms with van der Waals surface area (Å²) in [7, 11) is 0. The monoisotopic (exact) mass is 238 g/mol. The van der Waals surface area contributed by atoms with Crippen LogP contribution >= 0.6 is 0 Å². The highest BCUT2D eigenvalue weighted by Crippen LogP contribution is 2.15. The van der Waals surface area contributed by atoms with Gasteiger partial charge in [0, 0.05) is 6.04 Å². The van der Waals surface area contributed by atoms with Gasteiger partial charge in [-0.15, -0.1) is 0 Å².